The molecule has 26 heavy (non-hydrogen) atoms. The van der Waals surface area contributed by atoms with Crippen LogP contribution in [0.1, 0.15) is 18.1 Å². The van der Waals surface area contributed by atoms with E-state index in [4.69, 9.17) is 5.11 Å². The van der Waals surface area contributed by atoms with Crippen LogP contribution in [-0.2, 0) is 9.59 Å². The van der Waals surface area contributed by atoms with Crippen molar-refractivity contribution in [3.05, 3.63) is 29.3 Å². The number of aryl methyl sites for hydroxylation is 2. The number of carboxylic acid groups (broad SMARTS) is 1. The SMILES string of the molecule is Cc1cccc(C)c1NC(=O)C(C)N1C[C@@H](C(F)(F)F)[C@H](C(=O)O)C1.Cl. The van der Waals surface area contributed by atoms with Gasteiger partial charge in [0.1, 0.15) is 0 Å². The molecule has 1 amide bonds. The van der Waals surface area contributed by atoms with Gasteiger partial charge in [-0.25, -0.2) is 0 Å². The molecule has 0 bridgehead atoms. The van der Waals surface area contributed by atoms with Crippen LogP contribution in [0.4, 0.5) is 18.9 Å². The lowest BCUT2D eigenvalue weighted by molar-refractivity contribution is -0.188. The minimum absolute atomic E-state index is 0. The Balaban J connectivity index is 0.00000338. The van der Waals surface area contributed by atoms with Crippen molar-refractivity contribution < 1.29 is 27.9 Å². The van der Waals surface area contributed by atoms with Crippen LogP contribution >= 0.6 is 12.4 Å². The van der Waals surface area contributed by atoms with E-state index in [9.17, 15) is 22.8 Å². The number of aliphatic carboxylic acids is 1. The van der Waals surface area contributed by atoms with Crippen LogP contribution in [0.25, 0.3) is 0 Å². The van der Waals surface area contributed by atoms with Crippen molar-refractivity contribution >= 4 is 30.0 Å². The molecule has 1 aromatic rings. The molecule has 1 fully saturated rings. The number of nitrogens with zero attached hydrogens (tertiary/aromatic N) is 1. The maximum Gasteiger partial charge on any atom is 0.393 e. The highest BCUT2D eigenvalue weighted by Crippen LogP contribution is 2.38. The second kappa shape index (κ2) is 8.26. The first-order chi connectivity index (χ1) is 11.5. The van der Waals surface area contributed by atoms with Crippen molar-refractivity contribution in [2.24, 2.45) is 11.8 Å². The third-order valence-corrected chi connectivity index (χ3v) is 4.74. The summed E-state index contributed by atoms with van der Waals surface area (Å²) in [5, 5.41) is 11.8. The van der Waals surface area contributed by atoms with Gasteiger partial charge in [0.15, 0.2) is 0 Å². The van der Waals surface area contributed by atoms with Gasteiger partial charge in [-0.05, 0) is 31.9 Å². The smallest absolute Gasteiger partial charge is 0.393 e. The fourth-order valence-electron chi connectivity index (χ4n) is 3.14. The van der Waals surface area contributed by atoms with Gasteiger partial charge in [-0.2, -0.15) is 13.2 Å². The summed E-state index contributed by atoms with van der Waals surface area (Å²) in [6.45, 7) is 4.33. The third kappa shape index (κ3) is 4.67. The number of amides is 1. The number of carboxylic acids is 1. The van der Waals surface area contributed by atoms with Gasteiger partial charge in [0.25, 0.3) is 0 Å². The molecule has 0 saturated carbocycles. The Labute approximate surface area is 156 Å². The zero-order valence-corrected chi connectivity index (χ0v) is 15.4. The van der Waals surface area contributed by atoms with E-state index in [1.54, 1.807) is 0 Å². The normalized spacial score (nSPS) is 21.8. The van der Waals surface area contributed by atoms with Gasteiger partial charge in [-0.3, -0.25) is 14.5 Å². The molecule has 0 spiro atoms. The zero-order chi connectivity index (χ0) is 18.9. The first-order valence-electron chi connectivity index (χ1n) is 7.93. The molecular formula is C17H22ClF3N2O3. The molecule has 1 heterocycles. The molecule has 2 rings (SSSR count). The average Bonchev–Trinajstić information content (AvgIpc) is 2.95. The summed E-state index contributed by atoms with van der Waals surface area (Å²) in [5.41, 5.74) is 2.32. The predicted molar refractivity (Wildman–Crippen MR) is 93.5 cm³/mol. The number of hydrogen-bond acceptors (Lipinski definition) is 3. The lowest BCUT2D eigenvalue weighted by Gasteiger charge is -2.24. The number of halogens is 4. The predicted octanol–water partition coefficient (Wildman–Crippen LogP) is 3.25. The summed E-state index contributed by atoms with van der Waals surface area (Å²) in [5.74, 6) is -5.48. The van der Waals surface area contributed by atoms with Crippen LogP contribution in [0.3, 0.4) is 0 Å². The fourth-order valence-corrected chi connectivity index (χ4v) is 3.14. The molecule has 0 radical (unpaired) electrons. The highest BCUT2D eigenvalue weighted by molar-refractivity contribution is 5.96. The number of rotatable bonds is 4. The Morgan fingerprint density at radius 3 is 2.19 bits per heavy atom. The zero-order valence-electron chi connectivity index (χ0n) is 14.6. The molecule has 1 aliphatic heterocycles. The summed E-state index contributed by atoms with van der Waals surface area (Å²) >= 11 is 0. The highest BCUT2D eigenvalue weighted by atomic mass is 35.5. The van der Waals surface area contributed by atoms with Gasteiger partial charge in [0, 0.05) is 18.8 Å². The van der Waals surface area contributed by atoms with Gasteiger partial charge < -0.3 is 10.4 Å². The highest BCUT2D eigenvalue weighted by Gasteiger charge is 2.53. The van der Waals surface area contributed by atoms with Gasteiger partial charge >= 0.3 is 12.1 Å². The van der Waals surface area contributed by atoms with Crippen LogP contribution in [0, 0.1) is 25.7 Å². The molecule has 146 valence electrons. The average molecular weight is 395 g/mol. The Morgan fingerprint density at radius 2 is 1.77 bits per heavy atom. The first kappa shape index (κ1) is 22.2. The van der Waals surface area contributed by atoms with Crippen LogP contribution in [-0.4, -0.2) is 47.2 Å². The molecule has 0 aliphatic carbocycles. The third-order valence-electron chi connectivity index (χ3n) is 4.74. The number of benzene rings is 1. The van der Waals surface area contributed by atoms with Crippen molar-refractivity contribution in [3.63, 3.8) is 0 Å². The molecule has 0 aromatic heterocycles. The van der Waals surface area contributed by atoms with Crippen molar-refractivity contribution in [1.29, 1.82) is 0 Å². The molecule has 5 nitrogen and oxygen atoms in total. The fraction of sp³-hybridized carbons (Fsp3) is 0.529. The quantitative estimate of drug-likeness (QED) is 0.822. The van der Waals surface area contributed by atoms with Crippen molar-refractivity contribution in [3.8, 4) is 0 Å². The lowest BCUT2D eigenvalue weighted by Crippen LogP contribution is -2.41. The standard InChI is InChI=1S/C17H21F3N2O3.ClH/c1-9-5-4-6-10(2)14(9)21-15(23)11(3)22-7-12(16(24)25)13(8-22)17(18,19)20;/h4-6,11-13H,7-8H2,1-3H3,(H,21,23)(H,24,25);1H/t11?,12-,13-;/m1./s1. The Morgan fingerprint density at radius 1 is 1.23 bits per heavy atom. The molecule has 1 aromatic carbocycles. The van der Waals surface area contributed by atoms with E-state index in [2.05, 4.69) is 5.32 Å². The minimum atomic E-state index is -4.61. The number of alkyl halides is 3. The Bertz CT molecular complexity index is 661. The maximum absolute atomic E-state index is 13.1. The van der Waals surface area contributed by atoms with Crippen LogP contribution in [0.5, 0.6) is 0 Å². The molecular weight excluding hydrogens is 373 g/mol. The first-order valence-corrected chi connectivity index (χ1v) is 7.93. The van der Waals surface area contributed by atoms with Gasteiger partial charge in [0.2, 0.25) is 5.91 Å². The summed E-state index contributed by atoms with van der Waals surface area (Å²) in [6, 6.07) is 4.62. The number of nitrogens with one attached hydrogen (secondary N) is 1. The summed E-state index contributed by atoms with van der Waals surface area (Å²) in [6.07, 6.45) is -4.61. The van der Waals surface area contributed by atoms with E-state index in [1.807, 2.05) is 32.0 Å². The number of likely N-dealkylation sites (tertiary alicyclic amines) is 1. The number of hydrogen-bond donors (Lipinski definition) is 2. The monoisotopic (exact) mass is 394 g/mol. The van der Waals surface area contributed by atoms with Gasteiger partial charge in [-0.15, -0.1) is 12.4 Å². The van der Waals surface area contributed by atoms with E-state index in [1.165, 1.54) is 11.8 Å². The molecule has 1 unspecified atom stereocenters. The second-order valence-electron chi connectivity index (χ2n) is 6.48. The molecule has 1 saturated heterocycles. The van der Waals surface area contributed by atoms with Crippen molar-refractivity contribution in [2.45, 2.75) is 33.0 Å². The summed E-state index contributed by atoms with van der Waals surface area (Å²) in [7, 11) is 0. The molecule has 9 heteroatoms. The molecule has 2 N–H and O–H groups in total. The molecule has 1 aliphatic rings. The molecule has 3 atom stereocenters. The number of carbonyl (C=O) groups is 2. The summed E-state index contributed by atoms with van der Waals surface area (Å²) in [4.78, 5) is 24.9. The Hall–Kier alpha value is -1.80. The minimum Gasteiger partial charge on any atom is -0.481 e. The number of para-hydroxylation sites is 1. The van der Waals surface area contributed by atoms with Gasteiger partial charge in [0.05, 0.1) is 17.9 Å². The van der Waals surface area contributed by atoms with Crippen LogP contribution < -0.4 is 5.32 Å². The van der Waals surface area contributed by atoms with Gasteiger partial charge in [-0.1, -0.05) is 18.2 Å². The van der Waals surface area contributed by atoms with Crippen LogP contribution in [0.15, 0.2) is 18.2 Å². The van der Waals surface area contributed by atoms with Crippen LogP contribution in [0.2, 0.25) is 0 Å². The lowest BCUT2D eigenvalue weighted by atomic mass is 9.96. The van der Waals surface area contributed by atoms with E-state index in [0.717, 1.165) is 11.1 Å². The van der Waals surface area contributed by atoms with E-state index in [-0.39, 0.29) is 19.0 Å². The van der Waals surface area contributed by atoms with Crippen molar-refractivity contribution in [1.82, 2.24) is 4.90 Å². The maximum atomic E-state index is 13.1. The largest absolute Gasteiger partial charge is 0.481 e. The van der Waals surface area contributed by atoms with E-state index in [0.29, 0.717) is 5.69 Å². The number of anilines is 1. The second-order valence-corrected chi connectivity index (χ2v) is 6.48. The summed E-state index contributed by atoms with van der Waals surface area (Å²) < 4.78 is 39.2. The Kier molecular flexibility index (Phi) is 7.07. The number of carbonyl (C=O) groups excluding carboxylic acids is 1. The topological polar surface area (TPSA) is 69.6 Å². The van der Waals surface area contributed by atoms with Crippen molar-refractivity contribution in [2.75, 3.05) is 18.4 Å². The van der Waals surface area contributed by atoms with E-state index >= 15 is 0 Å². The van der Waals surface area contributed by atoms with E-state index < -0.39 is 42.5 Å².